The summed E-state index contributed by atoms with van der Waals surface area (Å²) in [5.74, 6) is -5.04. The molecule has 2 unspecified atom stereocenters. The summed E-state index contributed by atoms with van der Waals surface area (Å²) in [5, 5.41) is 3.97. The second-order valence-electron chi connectivity index (χ2n) is 6.20. The largest absolute Gasteiger partial charge is 0.399 e. The van der Waals surface area contributed by atoms with Gasteiger partial charge in [0.25, 0.3) is 5.92 Å². The van der Waals surface area contributed by atoms with Gasteiger partial charge in [-0.3, -0.25) is 0 Å². The maximum absolute atomic E-state index is 14.4. The van der Waals surface area contributed by atoms with Crippen molar-refractivity contribution in [2.45, 2.75) is 11.8 Å². The molecule has 0 saturated heterocycles. The van der Waals surface area contributed by atoms with Gasteiger partial charge in [0.15, 0.2) is 0 Å². The summed E-state index contributed by atoms with van der Waals surface area (Å²) >= 11 is 17.9. The SMILES string of the molecule is C=C(N)c1cc(NC(=C)C2C(c3cc(Cl)cc(Cl)c3)C2(F)F)ccc1Cl. The number of hydrogen-bond donors (Lipinski definition) is 2. The third-order valence-corrected chi connectivity index (χ3v) is 5.06. The van der Waals surface area contributed by atoms with E-state index in [0.717, 1.165) is 0 Å². The second kappa shape index (κ2) is 6.76. The predicted octanol–water partition coefficient (Wildman–Crippen LogP) is 6.55. The van der Waals surface area contributed by atoms with Crippen molar-refractivity contribution in [1.82, 2.24) is 0 Å². The van der Waals surface area contributed by atoms with Gasteiger partial charge >= 0.3 is 0 Å². The van der Waals surface area contributed by atoms with Crippen LogP contribution >= 0.6 is 34.8 Å². The molecule has 1 fully saturated rings. The lowest BCUT2D eigenvalue weighted by molar-refractivity contribution is 0.0992. The molecule has 2 aromatic carbocycles. The van der Waals surface area contributed by atoms with Gasteiger partial charge in [-0.15, -0.1) is 0 Å². The zero-order valence-corrected chi connectivity index (χ0v) is 15.8. The van der Waals surface area contributed by atoms with E-state index in [-0.39, 0.29) is 11.4 Å². The Morgan fingerprint density at radius 3 is 2.23 bits per heavy atom. The smallest absolute Gasteiger partial charge is 0.264 e. The fraction of sp³-hybridized carbons (Fsp3) is 0.158. The van der Waals surface area contributed by atoms with Crippen molar-refractivity contribution < 1.29 is 8.78 Å². The van der Waals surface area contributed by atoms with Crippen molar-refractivity contribution in [2.75, 3.05) is 5.32 Å². The molecule has 1 aliphatic carbocycles. The molecule has 136 valence electrons. The molecule has 0 aliphatic heterocycles. The molecule has 1 aliphatic rings. The first-order chi connectivity index (χ1) is 12.1. The van der Waals surface area contributed by atoms with Crippen LogP contribution in [0.5, 0.6) is 0 Å². The van der Waals surface area contributed by atoms with Crippen LogP contribution in [0.2, 0.25) is 15.1 Å². The maximum Gasteiger partial charge on any atom is 0.264 e. The standard InChI is InChI=1S/C19H15Cl3F2N2/c1-9(25)15-8-14(3-4-16(15)22)26-10(2)17-18(19(17,23)24)11-5-12(20)7-13(21)6-11/h3-8,17-18,26H,1-2,25H2. The van der Waals surface area contributed by atoms with Crippen LogP contribution in [0.1, 0.15) is 17.0 Å². The lowest BCUT2D eigenvalue weighted by Gasteiger charge is -2.12. The highest BCUT2D eigenvalue weighted by Crippen LogP contribution is 2.64. The number of alkyl halides is 2. The molecule has 0 heterocycles. The van der Waals surface area contributed by atoms with E-state index in [2.05, 4.69) is 18.5 Å². The second-order valence-corrected chi connectivity index (χ2v) is 7.48. The summed E-state index contributed by atoms with van der Waals surface area (Å²) in [4.78, 5) is 0. The van der Waals surface area contributed by atoms with Gasteiger partial charge in [-0.2, -0.15) is 0 Å². The Hall–Kier alpha value is -1.75. The molecular formula is C19H15Cl3F2N2. The molecule has 2 atom stereocenters. The van der Waals surface area contributed by atoms with Gasteiger partial charge in [0, 0.05) is 37.7 Å². The highest BCUT2D eigenvalue weighted by Gasteiger charge is 2.70. The van der Waals surface area contributed by atoms with Gasteiger partial charge in [-0.25, -0.2) is 8.78 Å². The van der Waals surface area contributed by atoms with E-state index < -0.39 is 17.8 Å². The van der Waals surface area contributed by atoms with E-state index in [1.165, 1.54) is 18.2 Å². The van der Waals surface area contributed by atoms with Crippen LogP contribution in [0.3, 0.4) is 0 Å². The monoisotopic (exact) mass is 414 g/mol. The normalized spacial score (nSPS) is 20.5. The van der Waals surface area contributed by atoms with Gasteiger partial charge in [0.2, 0.25) is 0 Å². The Morgan fingerprint density at radius 1 is 1.04 bits per heavy atom. The summed E-state index contributed by atoms with van der Waals surface area (Å²) in [5.41, 5.74) is 7.62. The van der Waals surface area contributed by atoms with E-state index in [9.17, 15) is 8.78 Å². The summed E-state index contributed by atoms with van der Waals surface area (Å²) in [6, 6.07) is 9.41. The van der Waals surface area contributed by atoms with Crippen LogP contribution in [0, 0.1) is 5.92 Å². The molecule has 0 aromatic heterocycles. The molecule has 3 rings (SSSR count). The molecule has 0 radical (unpaired) electrons. The number of nitrogens with one attached hydrogen (secondary N) is 1. The quantitative estimate of drug-likeness (QED) is 0.581. The Kier molecular flexibility index (Phi) is 4.95. The number of benzene rings is 2. The van der Waals surface area contributed by atoms with Crippen LogP contribution < -0.4 is 11.1 Å². The molecule has 1 saturated carbocycles. The zero-order chi connectivity index (χ0) is 19.2. The number of rotatable bonds is 5. The third-order valence-electron chi connectivity index (χ3n) is 4.29. The molecule has 0 spiro atoms. The Balaban J connectivity index is 1.82. The molecular weight excluding hydrogens is 401 g/mol. The highest BCUT2D eigenvalue weighted by atomic mass is 35.5. The minimum Gasteiger partial charge on any atom is -0.399 e. The number of hydrogen-bond acceptors (Lipinski definition) is 2. The van der Waals surface area contributed by atoms with Crippen molar-refractivity contribution in [3.63, 3.8) is 0 Å². The van der Waals surface area contributed by atoms with Crippen LogP contribution in [0.15, 0.2) is 55.3 Å². The average molecular weight is 416 g/mol. The number of halogens is 5. The Bertz CT molecular complexity index is 891. The summed E-state index contributed by atoms with van der Waals surface area (Å²) < 4.78 is 28.8. The maximum atomic E-state index is 14.4. The predicted molar refractivity (Wildman–Crippen MR) is 105 cm³/mol. The lowest BCUT2D eigenvalue weighted by Crippen LogP contribution is -2.06. The molecule has 0 bridgehead atoms. The third kappa shape index (κ3) is 3.54. The van der Waals surface area contributed by atoms with Gasteiger partial charge in [0.1, 0.15) is 0 Å². The molecule has 7 heteroatoms. The van der Waals surface area contributed by atoms with E-state index in [0.29, 0.717) is 31.9 Å². The van der Waals surface area contributed by atoms with E-state index >= 15 is 0 Å². The van der Waals surface area contributed by atoms with E-state index in [4.69, 9.17) is 40.5 Å². The summed E-state index contributed by atoms with van der Waals surface area (Å²) in [6.07, 6.45) is 0. The Labute approximate surface area is 165 Å². The first kappa shape index (κ1) is 19.0. The minimum atomic E-state index is -2.94. The summed E-state index contributed by atoms with van der Waals surface area (Å²) in [6.45, 7) is 7.42. The lowest BCUT2D eigenvalue weighted by atomic mass is 10.1. The zero-order valence-electron chi connectivity index (χ0n) is 13.5. The fourth-order valence-electron chi connectivity index (χ4n) is 3.04. The van der Waals surface area contributed by atoms with Crippen molar-refractivity contribution in [1.29, 1.82) is 0 Å². The first-order valence-corrected chi connectivity index (χ1v) is 8.78. The fourth-order valence-corrected chi connectivity index (χ4v) is 3.82. The first-order valence-electron chi connectivity index (χ1n) is 7.65. The van der Waals surface area contributed by atoms with E-state index in [1.54, 1.807) is 18.2 Å². The van der Waals surface area contributed by atoms with Gasteiger partial charge in [-0.05, 0) is 42.0 Å². The molecule has 2 nitrogen and oxygen atoms in total. The average Bonchev–Trinajstić information content (AvgIpc) is 3.10. The van der Waals surface area contributed by atoms with Crippen molar-refractivity contribution >= 4 is 46.2 Å². The molecule has 2 aromatic rings. The van der Waals surface area contributed by atoms with Crippen molar-refractivity contribution in [3.8, 4) is 0 Å². The van der Waals surface area contributed by atoms with Crippen LogP contribution in [-0.2, 0) is 0 Å². The molecule has 26 heavy (non-hydrogen) atoms. The highest BCUT2D eigenvalue weighted by molar-refractivity contribution is 6.34. The summed E-state index contributed by atoms with van der Waals surface area (Å²) in [7, 11) is 0. The van der Waals surface area contributed by atoms with Gasteiger partial charge < -0.3 is 11.1 Å². The topological polar surface area (TPSA) is 38.0 Å². The molecule has 0 amide bonds. The van der Waals surface area contributed by atoms with Crippen LogP contribution in [0.4, 0.5) is 14.5 Å². The van der Waals surface area contributed by atoms with E-state index in [1.807, 2.05) is 0 Å². The number of allylic oxidation sites excluding steroid dienone is 1. The van der Waals surface area contributed by atoms with Crippen LogP contribution in [-0.4, -0.2) is 5.92 Å². The van der Waals surface area contributed by atoms with Gasteiger partial charge in [0.05, 0.1) is 11.8 Å². The molecule has 3 N–H and O–H groups in total. The number of anilines is 1. The van der Waals surface area contributed by atoms with Crippen molar-refractivity contribution in [2.24, 2.45) is 11.7 Å². The van der Waals surface area contributed by atoms with Gasteiger partial charge in [-0.1, -0.05) is 48.0 Å². The number of nitrogens with two attached hydrogens (primary N) is 1. The van der Waals surface area contributed by atoms with Crippen molar-refractivity contribution in [3.05, 3.63) is 81.4 Å². The Morgan fingerprint density at radius 2 is 1.65 bits per heavy atom. The minimum absolute atomic E-state index is 0.187. The van der Waals surface area contributed by atoms with Crippen LogP contribution in [0.25, 0.3) is 5.70 Å².